The Morgan fingerprint density at radius 2 is 1.53 bits per heavy atom. The second kappa shape index (κ2) is 4.84. The Morgan fingerprint density at radius 3 is 1.76 bits per heavy atom. The molecule has 0 saturated heterocycles. The fourth-order valence-corrected chi connectivity index (χ4v) is 1.42. The number of amides is 1. The molecule has 0 aromatic carbocycles. The van der Waals surface area contributed by atoms with Crippen molar-refractivity contribution in [3.8, 4) is 0 Å². The molecule has 0 rings (SSSR count). The summed E-state index contributed by atoms with van der Waals surface area (Å²) < 4.78 is 5.40. The molecule has 0 saturated carbocycles. The van der Waals surface area contributed by atoms with Crippen molar-refractivity contribution in [3.63, 3.8) is 0 Å². The van der Waals surface area contributed by atoms with E-state index in [1.54, 1.807) is 4.90 Å². The Morgan fingerprint density at radius 1 is 1.12 bits per heavy atom. The zero-order valence-corrected chi connectivity index (χ0v) is 12.5. The second-order valence-electron chi connectivity index (χ2n) is 6.51. The lowest BCUT2D eigenvalue weighted by atomic mass is 9.82. The minimum atomic E-state index is -0.500. The zero-order valence-electron chi connectivity index (χ0n) is 12.5. The van der Waals surface area contributed by atoms with E-state index < -0.39 is 16.7 Å². The lowest BCUT2D eigenvalue weighted by Gasteiger charge is -2.46. The van der Waals surface area contributed by atoms with Crippen LogP contribution in [0, 0.1) is 0 Å². The van der Waals surface area contributed by atoms with Gasteiger partial charge in [-0.15, -0.1) is 0 Å². The third-order valence-corrected chi connectivity index (χ3v) is 3.18. The van der Waals surface area contributed by atoms with Crippen molar-refractivity contribution in [1.29, 1.82) is 0 Å². The summed E-state index contributed by atoms with van der Waals surface area (Å²) in [6, 6.07) is 0. The fourth-order valence-electron chi connectivity index (χ4n) is 1.42. The summed E-state index contributed by atoms with van der Waals surface area (Å²) in [6.07, 6.45) is -0.316. The van der Waals surface area contributed by atoms with Crippen molar-refractivity contribution >= 4 is 6.09 Å². The van der Waals surface area contributed by atoms with Gasteiger partial charge in [0.2, 0.25) is 0 Å². The Kier molecular flexibility index (Phi) is 4.63. The number of carbonyl (C=O) groups excluding carboxylic acids is 1. The minimum Gasteiger partial charge on any atom is -0.444 e. The first-order valence-electron chi connectivity index (χ1n) is 6.12. The molecule has 0 bridgehead atoms. The van der Waals surface area contributed by atoms with Gasteiger partial charge in [0.15, 0.2) is 0 Å². The van der Waals surface area contributed by atoms with Crippen molar-refractivity contribution in [2.75, 3.05) is 6.54 Å². The van der Waals surface area contributed by atoms with Crippen LogP contribution in [0.15, 0.2) is 0 Å². The van der Waals surface area contributed by atoms with Crippen molar-refractivity contribution < 1.29 is 9.53 Å². The lowest BCUT2D eigenvalue weighted by molar-refractivity contribution is -0.00900. The highest BCUT2D eigenvalue weighted by atomic mass is 16.6. The largest absolute Gasteiger partial charge is 0.444 e. The van der Waals surface area contributed by atoms with Gasteiger partial charge in [-0.1, -0.05) is 0 Å². The summed E-state index contributed by atoms with van der Waals surface area (Å²) in [5.41, 5.74) is 4.69. The van der Waals surface area contributed by atoms with Crippen LogP contribution < -0.4 is 5.73 Å². The average molecular weight is 244 g/mol. The Labute approximate surface area is 105 Å². The molecule has 1 amide bonds. The van der Waals surface area contributed by atoms with Crippen LogP contribution >= 0.6 is 0 Å². The normalized spacial score (nSPS) is 13.5. The van der Waals surface area contributed by atoms with Crippen LogP contribution in [0.25, 0.3) is 0 Å². The number of rotatable bonds is 3. The molecule has 4 nitrogen and oxygen atoms in total. The number of nitrogens with two attached hydrogens (primary N) is 1. The monoisotopic (exact) mass is 244 g/mol. The van der Waals surface area contributed by atoms with E-state index in [2.05, 4.69) is 0 Å². The average Bonchev–Trinajstić information content (AvgIpc) is 1.98. The first-order valence-corrected chi connectivity index (χ1v) is 6.12. The Balaban J connectivity index is 5.04. The molecule has 17 heavy (non-hydrogen) atoms. The minimum absolute atomic E-state index is 0.316. The molecule has 0 spiro atoms. The van der Waals surface area contributed by atoms with E-state index in [0.717, 1.165) is 0 Å². The summed E-state index contributed by atoms with van der Waals surface area (Å²) in [5.74, 6) is 0. The van der Waals surface area contributed by atoms with Gasteiger partial charge in [0.25, 0.3) is 0 Å². The molecule has 102 valence electrons. The van der Waals surface area contributed by atoms with Gasteiger partial charge >= 0.3 is 6.09 Å². The lowest BCUT2D eigenvalue weighted by Crippen LogP contribution is -2.64. The summed E-state index contributed by atoms with van der Waals surface area (Å²) in [7, 11) is 0. The van der Waals surface area contributed by atoms with Crippen LogP contribution in [-0.4, -0.2) is 34.2 Å². The van der Waals surface area contributed by atoms with Crippen molar-refractivity contribution in [2.24, 2.45) is 5.73 Å². The van der Waals surface area contributed by atoms with Gasteiger partial charge in [-0.25, -0.2) is 4.79 Å². The highest BCUT2D eigenvalue weighted by molar-refractivity contribution is 5.69. The van der Waals surface area contributed by atoms with Gasteiger partial charge in [-0.2, -0.15) is 0 Å². The number of nitrogens with zero attached hydrogens (tertiary/aromatic N) is 1. The van der Waals surface area contributed by atoms with Crippen molar-refractivity contribution in [3.05, 3.63) is 0 Å². The molecular weight excluding hydrogens is 216 g/mol. The predicted octanol–water partition coefficient (Wildman–Crippen LogP) is 2.76. The van der Waals surface area contributed by atoms with E-state index >= 15 is 0 Å². The number of ether oxygens (including phenoxy) is 1. The van der Waals surface area contributed by atoms with Crippen LogP contribution in [0.1, 0.15) is 55.4 Å². The van der Waals surface area contributed by atoms with Crippen LogP contribution in [0.2, 0.25) is 0 Å². The SMILES string of the molecule is CCN(C(=O)OC(C)(C)C)C(C)(C)C(C)(C)N. The van der Waals surface area contributed by atoms with Gasteiger partial charge in [0.1, 0.15) is 5.60 Å². The molecular formula is C13H28N2O2. The first kappa shape index (κ1) is 16.2. The zero-order chi connectivity index (χ0) is 14.1. The molecule has 0 fully saturated rings. The van der Waals surface area contributed by atoms with Crippen LogP contribution in [0.3, 0.4) is 0 Å². The third kappa shape index (κ3) is 4.19. The van der Waals surface area contributed by atoms with E-state index in [1.165, 1.54) is 0 Å². The maximum absolute atomic E-state index is 12.1. The third-order valence-electron chi connectivity index (χ3n) is 3.18. The summed E-state index contributed by atoms with van der Waals surface area (Å²) in [4.78, 5) is 13.8. The van der Waals surface area contributed by atoms with Crippen LogP contribution in [0.4, 0.5) is 4.79 Å². The Bertz CT molecular complexity index is 272. The smallest absolute Gasteiger partial charge is 0.410 e. The van der Waals surface area contributed by atoms with Crippen molar-refractivity contribution in [1.82, 2.24) is 4.90 Å². The van der Waals surface area contributed by atoms with Crippen molar-refractivity contribution in [2.45, 2.75) is 72.1 Å². The highest BCUT2D eigenvalue weighted by Crippen LogP contribution is 2.27. The molecule has 0 atom stereocenters. The summed E-state index contributed by atoms with van der Waals surface area (Å²) in [6.45, 7) is 15.8. The summed E-state index contributed by atoms with van der Waals surface area (Å²) >= 11 is 0. The molecule has 0 aliphatic rings. The molecule has 2 N–H and O–H groups in total. The van der Waals surface area contributed by atoms with E-state index in [0.29, 0.717) is 6.54 Å². The van der Waals surface area contributed by atoms with E-state index in [4.69, 9.17) is 10.5 Å². The predicted molar refractivity (Wildman–Crippen MR) is 71.0 cm³/mol. The van der Waals surface area contributed by atoms with Gasteiger partial charge < -0.3 is 15.4 Å². The van der Waals surface area contributed by atoms with Crippen LogP contribution in [-0.2, 0) is 4.74 Å². The molecule has 0 aromatic heterocycles. The Hall–Kier alpha value is -0.770. The van der Waals surface area contributed by atoms with E-state index in [1.807, 2.05) is 55.4 Å². The van der Waals surface area contributed by atoms with E-state index in [-0.39, 0.29) is 6.09 Å². The second-order valence-corrected chi connectivity index (χ2v) is 6.51. The van der Waals surface area contributed by atoms with E-state index in [9.17, 15) is 4.79 Å². The number of likely N-dealkylation sites (N-methyl/N-ethyl adjacent to an activating group) is 1. The standard InChI is InChI=1S/C13H28N2O2/c1-9-15(10(16)17-11(2,3)4)13(7,8)12(5,6)14/h9,14H2,1-8H3. The molecule has 0 unspecified atom stereocenters. The highest BCUT2D eigenvalue weighted by Gasteiger charge is 2.42. The number of carbonyl (C=O) groups is 1. The quantitative estimate of drug-likeness (QED) is 0.830. The molecule has 0 radical (unpaired) electrons. The topological polar surface area (TPSA) is 55.6 Å². The number of hydrogen-bond acceptors (Lipinski definition) is 3. The molecule has 0 aliphatic heterocycles. The molecule has 4 heteroatoms. The first-order chi connectivity index (χ1) is 7.33. The molecule has 0 aliphatic carbocycles. The van der Waals surface area contributed by atoms with Gasteiger partial charge in [-0.3, -0.25) is 0 Å². The molecule has 0 aromatic rings. The number of hydrogen-bond donors (Lipinski definition) is 1. The van der Waals surface area contributed by atoms with Gasteiger partial charge in [-0.05, 0) is 55.4 Å². The molecule has 0 heterocycles. The summed E-state index contributed by atoms with van der Waals surface area (Å²) in [5, 5.41) is 0. The fraction of sp³-hybridized carbons (Fsp3) is 0.923. The van der Waals surface area contributed by atoms with Gasteiger partial charge in [0.05, 0.1) is 5.54 Å². The maximum atomic E-state index is 12.1. The van der Waals surface area contributed by atoms with Gasteiger partial charge in [0, 0.05) is 12.1 Å². The van der Waals surface area contributed by atoms with Crippen LogP contribution in [0.5, 0.6) is 0 Å². The maximum Gasteiger partial charge on any atom is 0.410 e.